The third kappa shape index (κ3) is 3.81. The number of aromatic amines is 1. The number of hydrogen-bond acceptors (Lipinski definition) is 7. The first kappa shape index (κ1) is 21.5. The number of hydrogen-bond donors (Lipinski definition) is 2. The van der Waals surface area contributed by atoms with Crippen molar-refractivity contribution in [2.75, 3.05) is 12.3 Å². The minimum atomic E-state index is -0.896. The van der Waals surface area contributed by atoms with Crippen molar-refractivity contribution in [3.63, 3.8) is 0 Å². The van der Waals surface area contributed by atoms with E-state index in [9.17, 15) is 19.2 Å². The molecular formula is C23H24N4O5. The number of pyridine rings is 1. The van der Waals surface area contributed by atoms with E-state index in [1.54, 1.807) is 6.07 Å². The first-order valence-corrected chi connectivity index (χ1v) is 10.7. The van der Waals surface area contributed by atoms with Crippen molar-refractivity contribution in [2.24, 2.45) is 0 Å². The van der Waals surface area contributed by atoms with Crippen LogP contribution in [0.15, 0.2) is 33.9 Å². The van der Waals surface area contributed by atoms with Gasteiger partial charge in [-0.2, -0.15) is 0 Å². The molecule has 2 heterocycles. The summed E-state index contributed by atoms with van der Waals surface area (Å²) in [6.07, 6.45) is 4.02. The summed E-state index contributed by atoms with van der Waals surface area (Å²) in [5, 5.41) is 0.666. The molecule has 166 valence electrons. The smallest absolute Gasteiger partial charge is 0.339 e. The Morgan fingerprint density at radius 1 is 1.16 bits per heavy atom. The number of H-pyrrole nitrogens is 1. The normalized spacial score (nSPS) is 13.0. The summed E-state index contributed by atoms with van der Waals surface area (Å²) in [5.74, 6) is -1.64. The van der Waals surface area contributed by atoms with Crippen LogP contribution in [0.1, 0.15) is 58.2 Å². The Hall–Kier alpha value is -3.75. The molecule has 0 saturated heterocycles. The lowest BCUT2D eigenvalue weighted by Crippen LogP contribution is -2.37. The van der Waals surface area contributed by atoms with E-state index in [2.05, 4.69) is 4.98 Å². The summed E-state index contributed by atoms with van der Waals surface area (Å²) in [6, 6.07) is 7.31. The van der Waals surface area contributed by atoms with Crippen molar-refractivity contribution in [3.8, 4) is 0 Å². The van der Waals surface area contributed by atoms with Crippen LogP contribution in [0.25, 0.3) is 10.9 Å². The average Bonchev–Trinajstić information content (AvgIpc) is 2.78. The van der Waals surface area contributed by atoms with Crippen LogP contribution in [0.3, 0.4) is 0 Å². The number of benzene rings is 1. The van der Waals surface area contributed by atoms with Crippen LogP contribution < -0.4 is 17.0 Å². The lowest BCUT2D eigenvalue weighted by Gasteiger charge is -2.20. The van der Waals surface area contributed by atoms with Crippen molar-refractivity contribution in [2.45, 2.75) is 45.6 Å². The first-order valence-electron chi connectivity index (χ1n) is 10.7. The quantitative estimate of drug-likeness (QED) is 0.445. The number of nitrogens with one attached hydrogen (secondary N) is 1. The van der Waals surface area contributed by atoms with Gasteiger partial charge in [0.15, 0.2) is 6.61 Å². The number of aryl methyl sites for hydroxylation is 1. The fourth-order valence-electron chi connectivity index (χ4n) is 4.18. The molecule has 9 heteroatoms. The number of anilines is 1. The van der Waals surface area contributed by atoms with Gasteiger partial charge in [-0.1, -0.05) is 25.1 Å². The molecule has 1 aromatic carbocycles. The van der Waals surface area contributed by atoms with Gasteiger partial charge in [0.1, 0.15) is 11.4 Å². The van der Waals surface area contributed by atoms with Gasteiger partial charge in [0, 0.05) is 17.6 Å². The highest BCUT2D eigenvalue weighted by Crippen LogP contribution is 2.29. The van der Waals surface area contributed by atoms with Crippen molar-refractivity contribution >= 4 is 28.5 Å². The van der Waals surface area contributed by atoms with Crippen molar-refractivity contribution in [1.82, 2.24) is 14.5 Å². The standard InChI is InChI=1S/C23H24N4O5/c1-2-11-27-20(24)19(21(29)26-23(27)31)17(28)12-32-22(30)18-13-7-3-5-9-15(13)25-16-10-6-4-8-14(16)18/h3,5,7,9H,2,4,6,8,10-12,24H2,1H3,(H,26,29,31). The first-order chi connectivity index (χ1) is 15.4. The number of nitrogen functional groups attached to an aromatic ring is 1. The van der Waals surface area contributed by atoms with E-state index in [-0.39, 0.29) is 17.9 Å². The minimum Gasteiger partial charge on any atom is -0.454 e. The van der Waals surface area contributed by atoms with Crippen molar-refractivity contribution in [1.29, 1.82) is 0 Å². The third-order valence-corrected chi connectivity index (χ3v) is 5.67. The van der Waals surface area contributed by atoms with Gasteiger partial charge in [-0.15, -0.1) is 0 Å². The molecule has 0 aliphatic heterocycles. The molecule has 0 amide bonds. The number of rotatable bonds is 6. The second kappa shape index (κ2) is 8.78. The number of nitrogens with two attached hydrogens (primary N) is 1. The molecule has 4 rings (SSSR count). The number of aromatic nitrogens is 3. The molecule has 0 atom stereocenters. The van der Waals surface area contributed by atoms with Crippen LogP contribution in [-0.4, -0.2) is 32.9 Å². The molecule has 0 spiro atoms. The molecule has 3 N–H and O–H groups in total. The van der Waals surface area contributed by atoms with E-state index < -0.39 is 29.6 Å². The topological polar surface area (TPSA) is 137 Å². The van der Waals surface area contributed by atoms with Gasteiger partial charge in [-0.05, 0) is 43.7 Å². The van der Waals surface area contributed by atoms with Gasteiger partial charge >= 0.3 is 11.7 Å². The second-order valence-corrected chi connectivity index (χ2v) is 7.81. The van der Waals surface area contributed by atoms with Crippen LogP contribution in [-0.2, 0) is 24.1 Å². The summed E-state index contributed by atoms with van der Waals surface area (Å²) in [6.45, 7) is 1.42. The molecule has 0 unspecified atom stereocenters. The SMILES string of the molecule is CCCn1c(N)c(C(=O)COC(=O)c2c3c(nc4ccccc24)CCCC3)c(=O)[nH]c1=O. The minimum absolute atomic E-state index is 0.228. The predicted octanol–water partition coefficient (Wildman–Crippen LogP) is 2.00. The molecule has 3 aromatic rings. The molecule has 1 aliphatic rings. The fraction of sp³-hybridized carbons (Fsp3) is 0.348. The molecule has 1 aliphatic carbocycles. The Bertz CT molecular complexity index is 1340. The number of nitrogens with zero attached hydrogens (tertiary/aromatic N) is 2. The lowest BCUT2D eigenvalue weighted by molar-refractivity contribution is 0.0474. The highest BCUT2D eigenvalue weighted by atomic mass is 16.5. The Morgan fingerprint density at radius 3 is 2.69 bits per heavy atom. The molecule has 32 heavy (non-hydrogen) atoms. The molecule has 0 saturated carbocycles. The van der Waals surface area contributed by atoms with E-state index in [4.69, 9.17) is 15.5 Å². The zero-order chi connectivity index (χ0) is 22.8. The van der Waals surface area contributed by atoms with E-state index in [0.717, 1.165) is 35.1 Å². The van der Waals surface area contributed by atoms with Crippen molar-refractivity contribution in [3.05, 3.63) is 67.5 Å². The van der Waals surface area contributed by atoms with Gasteiger partial charge in [0.25, 0.3) is 5.56 Å². The zero-order valence-corrected chi connectivity index (χ0v) is 17.8. The molecule has 0 bridgehead atoms. The summed E-state index contributed by atoms with van der Waals surface area (Å²) < 4.78 is 6.47. The number of carbonyl (C=O) groups is 2. The van der Waals surface area contributed by atoms with E-state index >= 15 is 0 Å². The molecular weight excluding hydrogens is 412 g/mol. The predicted molar refractivity (Wildman–Crippen MR) is 119 cm³/mol. The number of ether oxygens (including phenoxy) is 1. The van der Waals surface area contributed by atoms with Gasteiger partial charge < -0.3 is 10.5 Å². The Labute approximate surface area is 183 Å². The van der Waals surface area contributed by atoms with Crippen LogP contribution >= 0.6 is 0 Å². The largest absolute Gasteiger partial charge is 0.454 e. The van der Waals surface area contributed by atoms with E-state index in [1.165, 1.54) is 0 Å². The highest BCUT2D eigenvalue weighted by Gasteiger charge is 2.25. The third-order valence-electron chi connectivity index (χ3n) is 5.67. The lowest BCUT2D eigenvalue weighted by atomic mass is 9.90. The molecule has 2 aromatic heterocycles. The van der Waals surface area contributed by atoms with Crippen LogP contribution in [0.5, 0.6) is 0 Å². The summed E-state index contributed by atoms with van der Waals surface area (Å²) in [4.78, 5) is 56.8. The number of carbonyl (C=O) groups excluding carboxylic acids is 2. The number of para-hydroxylation sites is 1. The maximum atomic E-state index is 13.1. The van der Waals surface area contributed by atoms with Crippen LogP contribution in [0, 0.1) is 0 Å². The Balaban J connectivity index is 1.65. The van der Waals surface area contributed by atoms with Crippen LogP contribution in [0.4, 0.5) is 5.82 Å². The summed E-state index contributed by atoms with van der Waals surface area (Å²) in [7, 11) is 0. The number of esters is 1. The molecule has 0 fully saturated rings. The molecule has 0 radical (unpaired) electrons. The number of Topliss-reactive ketones (excluding diaryl/α,β-unsaturated/α-hetero) is 1. The zero-order valence-electron chi connectivity index (χ0n) is 17.8. The van der Waals surface area contributed by atoms with Crippen LogP contribution in [0.2, 0.25) is 0 Å². The van der Waals surface area contributed by atoms with Gasteiger partial charge in [0.2, 0.25) is 5.78 Å². The Kier molecular flexibility index (Phi) is 5.89. The summed E-state index contributed by atoms with van der Waals surface area (Å²) >= 11 is 0. The highest BCUT2D eigenvalue weighted by molar-refractivity contribution is 6.07. The second-order valence-electron chi connectivity index (χ2n) is 7.81. The average molecular weight is 436 g/mol. The maximum absolute atomic E-state index is 13.1. The number of ketones is 1. The monoisotopic (exact) mass is 436 g/mol. The van der Waals surface area contributed by atoms with Gasteiger partial charge in [-0.3, -0.25) is 24.1 Å². The maximum Gasteiger partial charge on any atom is 0.339 e. The van der Waals surface area contributed by atoms with E-state index in [0.29, 0.717) is 29.3 Å². The molecule has 9 nitrogen and oxygen atoms in total. The van der Waals surface area contributed by atoms with E-state index in [1.807, 2.05) is 25.1 Å². The number of fused-ring (bicyclic) bond motifs is 2. The van der Waals surface area contributed by atoms with Crippen molar-refractivity contribution < 1.29 is 14.3 Å². The van der Waals surface area contributed by atoms with Gasteiger partial charge in [-0.25, -0.2) is 9.59 Å². The Morgan fingerprint density at radius 2 is 1.91 bits per heavy atom. The fourth-order valence-corrected chi connectivity index (χ4v) is 4.18. The summed E-state index contributed by atoms with van der Waals surface area (Å²) in [5.41, 5.74) is 6.80. The van der Waals surface area contributed by atoms with Gasteiger partial charge in [0.05, 0.1) is 11.1 Å².